The van der Waals surface area contributed by atoms with E-state index in [9.17, 15) is 0 Å². The first kappa shape index (κ1) is 13.3. The number of nitrogens with two attached hydrogens (primary N) is 1. The minimum atomic E-state index is 0.0329. The summed E-state index contributed by atoms with van der Waals surface area (Å²) in [6.07, 6.45) is 0. The lowest BCUT2D eigenvalue weighted by Gasteiger charge is -2.08. The Hall–Kier alpha value is -2.12. The Morgan fingerprint density at radius 1 is 1.21 bits per heavy atom. The number of nitrogens with one attached hydrogen (secondary N) is 1. The summed E-state index contributed by atoms with van der Waals surface area (Å²) in [5, 5.41) is 0.460. The quantitative estimate of drug-likeness (QED) is 0.653. The number of benzene rings is 1. The van der Waals surface area contributed by atoms with E-state index in [-0.39, 0.29) is 18.0 Å². The van der Waals surface area contributed by atoms with E-state index in [0.29, 0.717) is 10.8 Å². The SMILES string of the molecule is COc1nc(NN)nc(Oc2ccc(C)cc2Cl)n1. The number of nitrogens with zero attached hydrogens (tertiary/aromatic N) is 3. The number of hydrogen-bond donors (Lipinski definition) is 2. The second kappa shape index (κ2) is 5.68. The summed E-state index contributed by atoms with van der Waals surface area (Å²) in [6.45, 7) is 1.93. The molecule has 3 N–H and O–H groups in total. The summed E-state index contributed by atoms with van der Waals surface area (Å²) in [6, 6.07) is 5.48. The molecule has 7 nitrogen and oxygen atoms in total. The van der Waals surface area contributed by atoms with E-state index in [4.69, 9.17) is 26.9 Å². The van der Waals surface area contributed by atoms with Crippen LogP contribution in [0.3, 0.4) is 0 Å². The average Bonchev–Trinajstić information content (AvgIpc) is 2.41. The lowest BCUT2D eigenvalue weighted by molar-refractivity contribution is 0.360. The van der Waals surface area contributed by atoms with Gasteiger partial charge in [0.1, 0.15) is 5.75 Å². The van der Waals surface area contributed by atoms with Crippen LogP contribution < -0.4 is 20.7 Å². The molecule has 1 aromatic heterocycles. The minimum absolute atomic E-state index is 0.0329. The molecule has 0 amide bonds. The highest BCUT2D eigenvalue weighted by atomic mass is 35.5. The molecule has 19 heavy (non-hydrogen) atoms. The Morgan fingerprint density at radius 3 is 2.58 bits per heavy atom. The fourth-order valence-electron chi connectivity index (χ4n) is 1.33. The molecule has 0 unspecified atom stereocenters. The van der Waals surface area contributed by atoms with Crippen LogP contribution in [0.4, 0.5) is 5.95 Å². The molecule has 0 saturated heterocycles. The van der Waals surface area contributed by atoms with Gasteiger partial charge in [0.05, 0.1) is 12.1 Å². The van der Waals surface area contributed by atoms with Crippen LogP contribution in [0.1, 0.15) is 5.56 Å². The number of ether oxygens (including phenoxy) is 2. The normalized spacial score (nSPS) is 10.1. The first-order valence-corrected chi connectivity index (χ1v) is 5.71. The standard InChI is InChI=1S/C11H12ClN5O2/c1-6-3-4-8(7(12)5-6)19-11-15-9(17-13)14-10(16-11)18-2/h3-5H,13H2,1-2H3,(H,14,15,16,17). The van der Waals surface area contributed by atoms with E-state index >= 15 is 0 Å². The topological polar surface area (TPSA) is 95.2 Å². The monoisotopic (exact) mass is 281 g/mol. The molecule has 2 aromatic rings. The van der Waals surface area contributed by atoms with Crippen molar-refractivity contribution in [2.45, 2.75) is 6.92 Å². The van der Waals surface area contributed by atoms with Gasteiger partial charge in [-0.1, -0.05) is 17.7 Å². The average molecular weight is 282 g/mol. The molecule has 0 fully saturated rings. The first-order chi connectivity index (χ1) is 9.12. The number of aromatic nitrogens is 3. The van der Waals surface area contributed by atoms with E-state index in [1.807, 2.05) is 13.0 Å². The molecule has 0 bridgehead atoms. The second-order valence-corrected chi connectivity index (χ2v) is 4.02. The highest BCUT2D eigenvalue weighted by Crippen LogP contribution is 2.29. The molecular weight excluding hydrogens is 270 g/mol. The number of hydrazine groups is 1. The number of nitrogen functional groups attached to an aromatic ring is 1. The number of halogens is 1. The van der Waals surface area contributed by atoms with Gasteiger partial charge < -0.3 is 9.47 Å². The Labute approximate surface area is 114 Å². The van der Waals surface area contributed by atoms with Gasteiger partial charge in [-0.15, -0.1) is 4.98 Å². The maximum absolute atomic E-state index is 6.06. The van der Waals surface area contributed by atoms with Crippen LogP contribution in [0.25, 0.3) is 0 Å². The number of methoxy groups -OCH3 is 1. The molecular formula is C11H12ClN5O2. The molecule has 0 atom stereocenters. The van der Waals surface area contributed by atoms with Gasteiger partial charge in [0, 0.05) is 0 Å². The molecule has 0 spiro atoms. The van der Waals surface area contributed by atoms with Gasteiger partial charge in [-0.2, -0.15) is 9.97 Å². The van der Waals surface area contributed by atoms with Gasteiger partial charge in [0.2, 0.25) is 5.95 Å². The Morgan fingerprint density at radius 2 is 1.95 bits per heavy atom. The zero-order valence-electron chi connectivity index (χ0n) is 10.3. The maximum atomic E-state index is 6.06. The van der Waals surface area contributed by atoms with Crippen molar-refractivity contribution >= 4 is 17.5 Å². The molecule has 1 heterocycles. The van der Waals surface area contributed by atoms with Crippen molar-refractivity contribution in [3.63, 3.8) is 0 Å². The van der Waals surface area contributed by atoms with Crippen molar-refractivity contribution in [3.8, 4) is 17.8 Å². The Kier molecular flexibility index (Phi) is 3.98. The van der Waals surface area contributed by atoms with Gasteiger partial charge in [-0.25, -0.2) is 5.84 Å². The summed E-state index contributed by atoms with van der Waals surface area (Å²) >= 11 is 6.06. The summed E-state index contributed by atoms with van der Waals surface area (Å²) < 4.78 is 10.4. The van der Waals surface area contributed by atoms with Gasteiger partial charge in [-0.3, -0.25) is 5.43 Å². The van der Waals surface area contributed by atoms with Crippen LogP contribution in [0.15, 0.2) is 18.2 Å². The molecule has 0 saturated carbocycles. The smallest absolute Gasteiger partial charge is 0.330 e. The second-order valence-electron chi connectivity index (χ2n) is 3.61. The third-order valence-electron chi connectivity index (χ3n) is 2.19. The highest BCUT2D eigenvalue weighted by molar-refractivity contribution is 6.32. The lowest BCUT2D eigenvalue weighted by Crippen LogP contribution is -2.12. The third kappa shape index (κ3) is 3.21. The van der Waals surface area contributed by atoms with Gasteiger partial charge in [0.15, 0.2) is 0 Å². The maximum Gasteiger partial charge on any atom is 0.330 e. The van der Waals surface area contributed by atoms with Crippen LogP contribution >= 0.6 is 11.6 Å². The lowest BCUT2D eigenvalue weighted by atomic mass is 10.2. The van der Waals surface area contributed by atoms with E-state index in [0.717, 1.165) is 5.56 Å². The highest BCUT2D eigenvalue weighted by Gasteiger charge is 2.10. The van der Waals surface area contributed by atoms with Crippen molar-refractivity contribution in [3.05, 3.63) is 28.8 Å². The van der Waals surface area contributed by atoms with Crippen molar-refractivity contribution in [1.82, 2.24) is 15.0 Å². The van der Waals surface area contributed by atoms with E-state index in [1.165, 1.54) is 7.11 Å². The van der Waals surface area contributed by atoms with Crippen LogP contribution in [0.5, 0.6) is 17.8 Å². The molecule has 100 valence electrons. The molecule has 1 aromatic carbocycles. The van der Waals surface area contributed by atoms with Gasteiger partial charge in [0.25, 0.3) is 0 Å². The molecule has 0 aliphatic heterocycles. The van der Waals surface area contributed by atoms with Gasteiger partial charge >= 0.3 is 12.0 Å². The van der Waals surface area contributed by atoms with Gasteiger partial charge in [-0.05, 0) is 24.6 Å². The molecule has 2 rings (SSSR count). The van der Waals surface area contributed by atoms with Crippen LogP contribution in [-0.2, 0) is 0 Å². The zero-order chi connectivity index (χ0) is 13.8. The predicted molar refractivity (Wildman–Crippen MR) is 70.5 cm³/mol. The third-order valence-corrected chi connectivity index (χ3v) is 2.49. The van der Waals surface area contributed by atoms with Crippen LogP contribution in [0.2, 0.25) is 5.02 Å². The molecule has 0 radical (unpaired) electrons. The summed E-state index contributed by atoms with van der Waals surface area (Å²) in [7, 11) is 1.43. The zero-order valence-corrected chi connectivity index (χ0v) is 11.1. The van der Waals surface area contributed by atoms with Crippen molar-refractivity contribution in [2.24, 2.45) is 5.84 Å². The Balaban J connectivity index is 2.31. The number of rotatable bonds is 4. The molecule has 8 heteroatoms. The van der Waals surface area contributed by atoms with Crippen molar-refractivity contribution < 1.29 is 9.47 Å². The summed E-state index contributed by atoms with van der Waals surface area (Å²) in [5.74, 6) is 5.81. The van der Waals surface area contributed by atoms with Crippen molar-refractivity contribution in [2.75, 3.05) is 12.5 Å². The van der Waals surface area contributed by atoms with E-state index in [2.05, 4.69) is 20.4 Å². The number of hydrogen-bond acceptors (Lipinski definition) is 7. The summed E-state index contributed by atoms with van der Waals surface area (Å²) in [4.78, 5) is 11.7. The fourth-order valence-corrected chi connectivity index (χ4v) is 1.60. The molecule has 0 aliphatic rings. The van der Waals surface area contributed by atoms with E-state index in [1.54, 1.807) is 12.1 Å². The predicted octanol–water partition coefficient (Wildman–Crippen LogP) is 1.92. The largest absolute Gasteiger partial charge is 0.467 e. The first-order valence-electron chi connectivity index (χ1n) is 5.33. The Bertz CT molecular complexity index is 571. The van der Waals surface area contributed by atoms with E-state index < -0.39 is 0 Å². The minimum Gasteiger partial charge on any atom is -0.467 e. The number of aryl methyl sites for hydroxylation is 1. The fraction of sp³-hybridized carbons (Fsp3) is 0.182. The van der Waals surface area contributed by atoms with Crippen LogP contribution in [0, 0.1) is 6.92 Å². The summed E-state index contributed by atoms with van der Waals surface area (Å²) in [5.41, 5.74) is 3.32. The van der Waals surface area contributed by atoms with Crippen LogP contribution in [-0.4, -0.2) is 22.1 Å². The number of anilines is 1. The van der Waals surface area contributed by atoms with Crippen molar-refractivity contribution in [1.29, 1.82) is 0 Å². The molecule has 0 aliphatic carbocycles.